The van der Waals surface area contributed by atoms with Crippen LogP contribution in [0.15, 0.2) is 58.4 Å². The van der Waals surface area contributed by atoms with Gasteiger partial charge in [0.05, 0.1) is 23.3 Å². The molecule has 0 bridgehead atoms. The first-order valence-corrected chi connectivity index (χ1v) is 8.29. The predicted octanol–water partition coefficient (Wildman–Crippen LogP) is 4.61. The van der Waals surface area contributed by atoms with E-state index in [9.17, 15) is 18.0 Å². The van der Waals surface area contributed by atoms with Crippen molar-refractivity contribution < 1.29 is 22.7 Å². The molecule has 0 spiro atoms. The van der Waals surface area contributed by atoms with Gasteiger partial charge in [-0.05, 0) is 36.0 Å². The largest absolute Gasteiger partial charge is 0.496 e. The molecule has 2 aromatic carbocycles. The first-order valence-electron chi connectivity index (χ1n) is 7.47. The first-order chi connectivity index (χ1) is 12.4. The van der Waals surface area contributed by atoms with Crippen LogP contribution < -0.4 is 10.1 Å². The van der Waals surface area contributed by atoms with Gasteiger partial charge in [-0.25, -0.2) is 4.99 Å². The summed E-state index contributed by atoms with van der Waals surface area (Å²) in [5.41, 5.74) is -0.421. The molecule has 0 saturated carbocycles. The van der Waals surface area contributed by atoms with Crippen molar-refractivity contribution in [2.45, 2.75) is 6.18 Å². The minimum absolute atomic E-state index is 0.0906. The number of methoxy groups -OCH3 is 1. The molecule has 1 heterocycles. The Morgan fingerprint density at radius 1 is 1.12 bits per heavy atom. The van der Waals surface area contributed by atoms with E-state index in [1.807, 2.05) is 0 Å². The number of carbonyl (C=O) groups is 1. The average Bonchev–Trinajstić information content (AvgIpc) is 2.94. The summed E-state index contributed by atoms with van der Waals surface area (Å²) < 4.78 is 44.4. The molecule has 1 N–H and O–H groups in total. The number of thioether (sulfide) groups is 1. The zero-order valence-electron chi connectivity index (χ0n) is 13.5. The van der Waals surface area contributed by atoms with Crippen LogP contribution in [0.25, 0.3) is 6.08 Å². The quantitative estimate of drug-likeness (QED) is 0.794. The maximum atomic E-state index is 13.1. The van der Waals surface area contributed by atoms with Crippen LogP contribution >= 0.6 is 11.8 Å². The van der Waals surface area contributed by atoms with Crippen molar-refractivity contribution in [3.8, 4) is 5.75 Å². The summed E-state index contributed by atoms with van der Waals surface area (Å²) in [6.07, 6.45) is -2.92. The van der Waals surface area contributed by atoms with Crippen LogP contribution in [0, 0.1) is 0 Å². The third-order valence-corrected chi connectivity index (χ3v) is 4.42. The van der Waals surface area contributed by atoms with E-state index in [0.29, 0.717) is 16.2 Å². The molecule has 0 aliphatic carbocycles. The highest BCUT2D eigenvalue weighted by molar-refractivity contribution is 8.18. The van der Waals surface area contributed by atoms with Crippen LogP contribution in [0.2, 0.25) is 0 Å². The Labute approximate surface area is 151 Å². The molecule has 134 valence electrons. The number of aliphatic imine (C=N–C) groups is 1. The van der Waals surface area contributed by atoms with E-state index >= 15 is 0 Å². The second-order valence-electron chi connectivity index (χ2n) is 5.24. The summed E-state index contributed by atoms with van der Waals surface area (Å²) in [4.78, 5) is 16.4. The minimum atomic E-state index is -4.52. The normalized spacial score (nSPS) is 17.6. The van der Waals surface area contributed by atoms with Gasteiger partial charge in [0, 0.05) is 5.56 Å². The van der Waals surface area contributed by atoms with Crippen molar-refractivity contribution in [3.63, 3.8) is 0 Å². The topological polar surface area (TPSA) is 50.7 Å². The number of benzene rings is 2. The van der Waals surface area contributed by atoms with E-state index in [1.54, 1.807) is 30.3 Å². The number of amidine groups is 1. The van der Waals surface area contributed by atoms with Crippen molar-refractivity contribution in [2.75, 3.05) is 7.11 Å². The molecular weight excluding hydrogens is 365 g/mol. The number of para-hydroxylation sites is 2. The van der Waals surface area contributed by atoms with Crippen molar-refractivity contribution >= 4 is 34.6 Å². The van der Waals surface area contributed by atoms with Gasteiger partial charge in [-0.2, -0.15) is 13.2 Å². The lowest BCUT2D eigenvalue weighted by Crippen LogP contribution is -2.19. The third-order valence-electron chi connectivity index (χ3n) is 3.51. The second-order valence-corrected chi connectivity index (χ2v) is 6.27. The Kier molecular flexibility index (Phi) is 5.03. The highest BCUT2D eigenvalue weighted by Crippen LogP contribution is 2.37. The minimum Gasteiger partial charge on any atom is -0.496 e. The van der Waals surface area contributed by atoms with E-state index in [-0.39, 0.29) is 10.9 Å². The number of carbonyl (C=O) groups excluding carboxylic acids is 1. The van der Waals surface area contributed by atoms with Crippen LogP contribution in [0.1, 0.15) is 11.1 Å². The number of rotatable bonds is 3. The Balaban J connectivity index is 1.91. The fourth-order valence-electron chi connectivity index (χ4n) is 2.33. The Hall–Kier alpha value is -2.74. The lowest BCUT2D eigenvalue weighted by molar-refractivity contribution is -0.137. The van der Waals surface area contributed by atoms with Gasteiger partial charge >= 0.3 is 6.18 Å². The van der Waals surface area contributed by atoms with Crippen LogP contribution in [-0.4, -0.2) is 18.2 Å². The number of hydrogen-bond donors (Lipinski definition) is 1. The van der Waals surface area contributed by atoms with Gasteiger partial charge in [0.15, 0.2) is 5.17 Å². The number of nitrogens with one attached hydrogen (secondary N) is 1. The molecule has 0 atom stereocenters. The zero-order valence-corrected chi connectivity index (χ0v) is 14.3. The van der Waals surface area contributed by atoms with E-state index < -0.39 is 17.6 Å². The molecule has 1 aliphatic rings. The molecule has 0 aromatic heterocycles. The molecule has 1 aliphatic heterocycles. The fourth-order valence-corrected chi connectivity index (χ4v) is 3.15. The summed E-state index contributed by atoms with van der Waals surface area (Å²) >= 11 is 0.975. The summed E-state index contributed by atoms with van der Waals surface area (Å²) in [6, 6.07) is 12.1. The smallest absolute Gasteiger partial charge is 0.418 e. The summed E-state index contributed by atoms with van der Waals surface area (Å²) in [5, 5.41) is 2.58. The number of alkyl halides is 3. The van der Waals surface area contributed by atoms with Gasteiger partial charge in [0.2, 0.25) is 0 Å². The average molecular weight is 378 g/mol. The van der Waals surface area contributed by atoms with Crippen molar-refractivity contribution in [1.82, 2.24) is 5.32 Å². The summed E-state index contributed by atoms with van der Waals surface area (Å²) in [6.45, 7) is 0. The monoisotopic (exact) mass is 378 g/mol. The van der Waals surface area contributed by atoms with E-state index in [2.05, 4.69) is 10.3 Å². The van der Waals surface area contributed by atoms with Gasteiger partial charge < -0.3 is 10.1 Å². The Morgan fingerprint density at radius 2 is 1.81 bits per heavy atom. The standard InChI is InChI=1S/C18H13F3N2O2S/c1-25-14-9-5-2-6-11(14)10-15-16(24)23-17(26-15)22-13-8-4-3-7-12(13)18(19,20)21/h2-10H,1H3,(H,22,23,24). The van der Waals surface area contributed by atoms with Crippen molar-refractivity contribution in [2.24, 2.45) is 4.99 Å². The fraction of sp³-hybridized carbons (Fsp3) is 0.111. The predicted molar refractivity (Wildman–Crippen MR) is 95.2 cm³/mol. The summed E-state index contributed by atoms with van der Waals surface area (Å²) in [7, 11) is 1.51. The molecule has 1 fully saturated rings. The van der Waals surface area contributed by atoms with Gasteiger partial charge in [-0.1, -0.05) is 30.3 Å². The van der Waals surface area contributed by atoms with E-state index in [0.717, 1.165) is 17.8 Å². The highest BCUT2D eigenvalue weighted by atomic mass is 32.2. The highest BCUT2D eigenvalue weighted by Gasteiger charge is 2.34. The Morgan fingerprint density at radius 3 is 2.54 bits per heavy atom. The lowest BCUT2D eigenvalue weighted by Gasteiger charge is -2.09. The van der Waals surface area contributed by atoms with Crippen molar-refractivity contribution in [3.05, 3.63) is 64.6 Å². The SMILES string of the molecule is COc1ccccc1C=C1SC(=Nc2ccccc2C(F)(F)F)NC1=O. The molecule has 1 amide bonds. The third kappa shape index (κ3) is 3.91. The number of halogens is 3. The van der Waals surface area contributed by atoms with Crippen LogP contribution in [0.3, 0.4) is 0 Å². The van der Waals surface area contributed by atoms with Crippen LogP contribution in [-0.2, 0) is 11.0 Å². The van der Waals surface area contributed by atoms with Gasteiger partial charge in [-0.3, -0.25) is 4.79 Å². The number of nitrogens with zero attached hydrogens (tertiary/aromatic N) is 1. The number of ether oxygens (including phenoxy) is 1. The zero-order chi connectivity index (χ0) is 18.7. The lowest BCUT2D eigenvalue weighted by atomic mass is 10.2. The molecular formula is C18H13F3N2O2S. The van der Waals surface area contributed by atoms with Crippen molar-refractivity contribution in [1.29, 1.82) is 0 Å². The van der Waals surface area contributed by atoms with Gasteiger partial charge in [-0.15, -0.1) is 0 Å². The van der Waals surface area contributed by atoms with Gasteiger partial charge in [0.1, 0.15) is 5.75 Å². The molecule has 0 unspecified atom stereocenters. The van der Waals surface area contributed by atoms with Crippen LogP contribution in [0.4, 0.5) is 18.9 Å². The van der Waals surface area contributed by atoms with Crippen LogP contribution in [0.5, 0.6) is 5.75 Å². The first kappa shape index (κ1) is 18.1. The molecule has 0 radical (unpaired) electrons. The number of amides is 1. The second kappa shape index (κ2) is 7.25. The van der Waals surface area contributed by atoms with E-state index in [4.69, 9.17) is 4.74 Å². The van der Waals surface area contributed by atoms with Gasteiger partial charge in [0.25, 0.3) is 5.91 Å². The molecule has 8 heteroatoms. The molecule has 1 saturated heterocycles. The molecule has 3 rings (SSSR count). The molecule has 4 nitrogen and oxygen atoms in total. The maximum absolute atomic E-state index is 13.1. The molecule has 26 heavy (non-hydrogen) atoms. The number of hydrogen-bond acceptors (Lipinski definition) is 4. The van der Waals surface area contributed by atoms with E-state index in [1.165, 1.54) is 25.3 Å². The molecule has 2 aromatic rings. The maximum Gasteiger partial charge on any atom is 0.418 e. The summed E-state index contributed by atoms with van der Waals surface area (Å²) in [5.74, 6) is 0.158. The Bertz CT molecular complexity index is 907.